The van der Waals surface area contributed by atoms with Crippen molar-refractivity contribution in [1.82, 2.24) is 4.98 Å². The number of aliphatic hydroxyl groups is 1. The van der Waals surface area contributed by atoms with Crippen molar-refractivity contribution in [3.8, 4) is 0 Å². The molecule has 1 aromatic heterocycles. The summed E-state index contributed by atoms with van der Waals surface area (Å²) in [5.74, 6) is 0.835. The van der Waals surface area contributed by atoms with Crippen LogP contribution in [0.3, 0.4) is 0 Å². The zero-order chi connectivity index (χ0) is 12.8. The molecule has 1 aromatic rings. The minimum absolute atomic E-state index is 0.271. The minimum atomic E-state index is -0.271. The van der Waals surface area contributed by atoms with Gasteiger partial charge in [-0.15, -0.1) is 0 Å². The number of aliphatic hydroxyl groups excluding tert-OH is 1. The van der Waals surface area contributed by atoms with Crippen molar-refractivity contribution in [3.63, 3.8) is 0 Å². The minimum Gasteiger partial charge on any atom is -0.393 e. The van der Waals surface area contributed by atoms with Crippen molar-refractivity contribution in [1.29, 1.82) is 0 Å². The van der Waals surface area contributed by atoms with Gasteiger partial charge in [0, 0.05) is 12.4 Å². The summed E-state index contributed by atoms with van der Waals surface area (Å²) in [4.78, 5) is 3.96. The molecule has 1 heterocycles. The third-order valence-corrected chi connectivity index (χ3v) is 4.29. The van der Waals surface area contributed by atoms with Crippen LogP contribution in [0.15, 0.2) is 18.5 Å². The molecule has 1 fully saturated rings. The molecule has 1 unspecified atom stereocenters. The first-order valence-corrected chi connectivity index (χ1v) is 7.40. The summed E-state index contributed by atoms with van der Waals surface area (Å²) in [5.41, 5.74) is 1.00. The van der Waals surface area contributed by atoms with Crippen LogP contribution in [0.25, 0.3) is 0 Å². The van der Waals surface area contributed by atoms with Crippen LogP contribution in [0.5, 0.6) is 0 Å². The molecule has 2 rings (SSSR count). The van der Waals surface area contributed by atoms with Crippen LogP contribution >= 0.6 is 11.6 Å². The van der Waals surface area contributed by atoms with Crippen molar-refractivity contribution >= 4 is 11.6 Å². The van der Waals surface area contributed by atoms with Crippen molar-refractivity contribution in [2.75, 3.05) is 0 Å². The van der Waals surface area contributed by atoms with Gasteiger partial charge in [-0.2, -0.15) is 0 Å². The van der Waals surface area contributed by atoms with E-state index in [0.717, 1.165) is 24.3 Å². The standard InChI is InChI=1S/C15H22ClNO/c16-15-11-17-9-8-13(15)10-14(18)7-6-12-4-2-1-3-5-12/h8-9,11-12,14,18H,1-7,10H2. The highest BCUT2D eigenvalue weighted by atomic mass is 35.5. The number of hydrogen-bond donors (Lipinski definition) is 1. The predicted molar refractivity (Wildman–Crippen MR) is 74.8 cm³/mol. The van der Waals surface area contributed by atoms with Gasteiger partial charge in [0.1, 0.15) is 0 Å². The summed E-state index contributed by atoms with van der Waals surface area (Å²) < 4.78 is 0. The van der Waals surface area contributed by atoms with Crippen LogP contribution in [0.2, 0.25) is 5.02 Å². The molecular formula is C15H22ClNO. The summed E-state index contributed by atoms with van der Waals surface area (Å²) in [6.07, 6.45) is 12.6. The highest BCUT2D eigenvalue weighted by Crippen LogP contribution is 2.28. The lowest BCUT2D eigenvalue weighted by Gasteiger charge is -2.22. The van der Waals surface area contributed by atoms with E-state index in [9.17, 15) is 5.11 Å². The number of pyridine rings is 1. The summed E-state index contributed by atoms with van der Waals surface area (Å²) in [5, 5.41) is 10.7. The van der Waals surface area contributed by atoms with Gasteiger partial charge in [-0.3, -0.25) is 4.98 Å². The van der Waals surface area contributed by atoms with Crippen LogP contribution in [0, 0.1) is 5.92 Å². The van der Waals surface area contributed by atoms with E-state index in [1.807, 2.05) is 6.07 Å². The molecule has 2 nitrogen and oxygen atoms in total. The van der Waals surface area contributed by atoms with Gasteiger partial charge in [-0.05, 0) is 36.8 Å². The number of aromatic nitrogens is 1. The first-order chi connectivity index (χ1) is 8.75. The molecule has 3 heteroatoms. The Morgan fingerprint density at radius 3 is 2.83 bits per heavy atom. The second-order valence-corrected chi connectivity index (χ2v) is 5.81. The molecule has 0 spiro atoms. The molecule has 1 atom stereocenters. The molecule has 0 bridgehead atoms. The quantitative estimate of drug-likeness (QED) is 0.875. The second-order valence-electron chi connectivity index (χ2n) is 5.41. The topological polar surface area (TPSA) is 33.1 Å². The van der Waals surface area contributed by atoms with Gasteiger partial charge in [0.25, 0.3) is 0 Å². The zero-order valence-electron chi connectivity index (χ0n) is 10.8. The van der Waals surface area contributed by atoms with E-state index in [2.05, 4.69) is 4.98 Å². The number of rotatable bonds is 5. The third kappa shape index (κ3) is 4.25. The normalized spacial score (nSPS) is 18.8. The van der Waals surface area contributed by atoms with Crippen molar-refractivity contribution in [2.24, 2.45) is 5.92 Å². The van der Waals surface area contributed by atoms with Gasteiger partial charge < -0.3 is 5.11 Å². The Morgan fingerprint density at radius 2 is 2.11 bits per heavy atom. The van der Waals surface area contributed by atoms with Gasteiger partial charge in [0.2, 0.25) is 0 Å². The highest BCUT2D eigenvalue weighted by molar-refractivity contribution is 6.31. The van der Waals surface area contributed by atoms with Crippen LogP contribution in [-0.4, -0.2) is 16.2 Å². The molecule has 1 saturated carbocycles. The lowest BCUT2D eigenvalue weighted by atomic mass is 9.85. The van der Waals surface area contributed by atoms with Crippen molar-refractivity contribution in [3.05, 3.63) is 29.0 Å². The fourth-order valence-electron chi connectivity index (χ4n) is 2.83. The second kappa shape index (κ2) is 7.10. The number of halogens is 1. The maximum absolute atomic E-state index is 10.1. The molecule has 0 saturated heterocycles. The fourth-order valence-corrected chi connectivity index (χ4v) is 3.03. The maximum Gasteiger partial charge on any atom is 0.0622 e. The van der Waals surface area contributed by atoms with E-state index in [-0.39, 0.29) is 6.10 Å². The average Bonchev–Trinajstić information content (AvgIpc) is 2.40. The molecule has 0 amide bonds. The van der Waals surface area contributed by atoms with Crippen LogP contribution in [0.4, 0.5) is 0 Å². The monoisotopic (exact) mass is 267 g/mol. The highest BCUT2D eigenvalue weighted by Gasteiger charge is 2.15. The first kappa shape index (κ1) is 13.8. The SMILES string of the molecule is OC(CCC1CCCCC1)Cc1ccncc1Cl. The lowest BCUT2D eigenvalue weighted by molar-refractivity contribution is 0.149. The van der Waals surface area contributed by atoms with E-state index in [0.29, 0.717) is 11.4 Å². The predicted octanol–water partition coefficient (Wildman–Crippen LogP) is 4.00. The van der Waals surface area contributed by atoms with Crippen LogP contribution in [-0.2, 0) is 6.42 Å². The summed E-state index contributed by atoms with van der Waals surface area (Å²) in [6.45, 7) is 0. The zero-order valence-corrected chi connectivity index (χ0v) is 11.6. The number of nitrogens with zero attached hydrogens (tertiary/aromatic N) is 1. The van der Waals surface area contributed by atoms with Gasteiger partial charge in [0.05, 0.1) is 11.1 Å². The maximum atomic E-state index is 10.1. The summed E-state index contributed by atoms with van der Waals surface area (Å²) >= 11 is 6.04. The van der Waals surface area contributed by atoms with Crippen molar-refractivity contribution in [2.45, 2.75) is 57.5 Å². The van der Waals surface area contributed by atoms with E-state index in [1.165, 1.54) is 32.1 Å². The largest absolute Gasteiger partial charge is 0.393 e. The Bertz CT molecular complexity index is 363. The average molecular weight is 268 g/mol. The smallest absolute Gasteiger partial charge is 0.0622 e. The van der Waals surface area contributed by atoms with Gasteiger partial charge in [-0.1, -0.05) is 43.7 Å². The molecule has 18 heavy (non-hydrogen) atoms. The first-order valence-electron chi connectivity index (χ1n) is 7.02. The molecule has 1 aliphatic carbocycles. The Kier molecular flexibility index (Phi) is 5.45. The Morgan fingerprint density at radius 1 is 1.33 bits per heavy atom. The van der Waals surface area contributed by atoms with Gasteiger partial charge in [-0.25, -0.2) is 0 Å². The molecule has 1 N–H and O–H groups in total. The van der Waals surface area contributed by atoms with Crippen molar-refractivity contribution < 1.29 is 5.11 Å². The summed E-state index contributed by atoms with van der Waals surface area (Å²) in [7, 11) is 0. The third-order valence-electron chi connectivity index (χ3n) is 3.94. The van der Waals surface area contributed by atoms with Gasteiger partial charge in [0.15, 0.2) is 0 Å². The molecule has 0 aliphatic heterocycles. The van der Waals surface area contributed by atoms with Gasteiger partial charge >= 0.3 is 0 Å². The van der Waals surface area contributed by atoms with E-state index in [4.69, 9.17) is 11.6 Å². The molecule has 0 aromatic carbocycles. The molecule has 0 radical (unpaired) electrons. The Hall–Kier alpha value is -0.600. The summed E-state index contributed by atoms with van der Waals surface area (Å²) in [6, 6.07) is 1.90. The molecule has 1 aliphatic rings. The Labute approximate surface area is 114 Å². The van der Waals surface area contributed by atoms with E-state index >= 15 is 0 Å². The van der Waals surface area contributed by atoms with E-state index in [1.54, 1.807) is 12.4 Å². The fraction of sp³-hybridized carbons (Fsp3) is 0.667. The Balaban J connectivity index is 1.74. The molecule has 100 valence electrons. The van der Waals surface area contributed by atoms with E-state index < -0.39 is 0 Å². The number of hydrogen-bond acceptors (Lipinski definition) is 2. The lowest BCUT2D eigenvalue weighted by Crippen LogP contribution is -2.14. The van der Waals surface area contributed by atoms with Crippen LogP contribution in [0.1, 0.15) is 50.5 Å². The molecular weight excluding hydrogens is 246 g/mol. The van der Waals surface area contributed by atoms with Crippen LogP contribution < -0.4 is 0 Å².